The molecule has 0 spiro atoms. The predicted molar refractivity (Wildman–Crippen MR) is 91.4 cm³/mol. The molecular weight excluding hydrogens is 274 g/mol. The molecule has 3 nitrogen and oxygen atoms in total. The van der Waals surface area contributed by atoms with Crippen molar-refractivity contribution < 1.29 is 9.59 Å². The Morgan fingerprint density at radius 1 is 1.41 bits per heavy atom. The van der Waals surface area contributed by atoms with Gasteiger partial charge in [0, 0.05) is 19.5 Å². The molecule has 3 heteroatoms. The van der Waals surface area contributed by atoms with Gasteiger partial charge in [-0.25, -0.2) is 0 Å². The van der Waals surface area contributed by atoms with Crippen LogP contribution >= 0.6 is 0 Å². The molecular formula is C19H27NO2. The summed E-state index contributed by atoms with van der Waals surface area (Å²) >= 11 is 0. The van der Waals surface area contributed by atoms with E-state index in [9.17, 15) is 9.59 Å². The van der Waals surface area contributed by atoms with E-state index in [4.69, 9.17) is 0 Å². The van der Waals surface area contributed by atoms with Crippen LogP contribution in [-0.4, -0.2) is 30.2 Å². The summed E-state index contributed by atoms with van der Waals surface area (Å²) in [4.78, 5) is 24.6. The molecule has 0 saturated carbocycles. The molecule has 0 radical (unpaired) electrons. The Morgan fingerprint density at radius 3 is 2.68 bits per heavy atom. The van der Waals surface area contributed by atoms with Crippen LogP contribution in [-0.2, 0) is 9.59 Å². The van der Waals surface area contributed by atoms with Gasteiger partial charge >= 0.3 is 0 Å². The van der Waals surface area contributed by atoms with Gasteiger partial charge in [0.25, 0.3) is 0 Å². The number of rotatable bonds is 9. The van der Waals surface area contributed by atoms with Crippen LogP contribution < -0.4 is 0 Å². The van der Waals surface area contributed by atoms with Crippen LogP contribution in [0.2, 0.25) is 0 Å². The van der Waals surface area contributed by atoms with E-state index < -0.39 is 0 Å². The minimum atomic E-state index is -0.0581. The standard InChI is InChI=1S/C19H27NO2/c1-5-18(21)15(3)8-7-9-16-10-12-17(13-11-16)14-20(4)19(22)6-2/h5-6,10,12-13,15-16H,1-2,7-9,11,14H2,3-4H3. The number of nitrogens with zero attached hydrogens (tertiary/aromatic N) is 1. The first-order valence-electron chi connectivity index (χ1n) is 7.89. The van der Waals surface area contributed by atoms with E-state index in [1.807, 2.05) is 6.92 Å². The van der Waals surface area contributed by atoms with Crippen LogP contribution in [0.25, 0.3) is 0 Å². The lowest BCUT2D eigenvalue weighted by atomic mass is 9.89. The van der Waals surface area contributed by atoms with Gasteiger partial charge in [-0.05, 0) is 42.9 Å². The van der Waals surface area contributed by atoms with Gasteiger partial charge in [-0.3, -0.25) is 9.59 Å². The van der Waals surface area contributed by atoms with Crippen molar-refractivity contribution >= 4 is 11.7 Å². The van der Waals surface area contributed by atoms with Crippen molar-refractivity contribution in [3.63, 3.8) is 0 Å². The van der Waals surface area contributed by atoms with Gasteiger partial charge in [0.15, 0.2) is 5.78 Å². The number of hydrogen-bond donors (Lipinski definition) is 0. The highest BCUT2D eigenvalue weighted by molar-refractivity contribution is 5.90. The van der Waals surface area contributed by atoms with Crippen molar-refractivity contribution in [3.8, 4) is 0 Å². The minimum absolute atomic E-state index is 0.0581. The van der Waals surface area contributed by atoms with Crippen molar-refractivity contribution in [2.75, 3.05) is 13.6 Å². The Kier molecular flexibility index (Phi) is 7.58. The molecule has 0 saturated heterocycles. The van der Waals surface area contributed by atoms with E-state index >= 15 is 0 Å². The largest absolute Gasteiger partial charge is 0.338 e. The van der Waals surface area contributed by atoms with Crippen LogP contribution in [0.3, 0.4) is 0 Å². The Labute approximate surface area is 134 Å². The second kappa shape index (κ2) is 9.19. The number of carbonyl (C=O) groups is 2. The van der Waals surface area contributed by atoms with Crippen molar-refractivity contribution in [1.82, 2.24) is 4.90 Å². The van der Waals surface area contributed by atoms with Gasteiger partial charge < -0.3 is 4.90 Å². The van der Waals surface area contributed by atoms with Gasteiger partial charge in [-0.1, -0.05) is 44.7 Å². The average molecular weight is 301 g/mol. The van der Waals surface area contributed by atoms with Crippen LogP contribution in [0.5, 0.6) is 0 Å². The van der Waals surface area contributed by atoms with E-state index in [1.54, 1.807) is 11.9 Å². The third-order valence-electron chi connectivity index (χ3n) is 4.13. The third kappa shape index (κ3) is 5.84. The lowest BCUT2D eigenvalue weighted by Crippen LogP contribution is -2.26. The summed E-state index contributed by atoms with van der Waals surface area (Å²) in [5, 5.41) is 0. The summed E-state index contributed by atoms with van der Waals surface area (Å²) in [6.07, 6.45) is 13.4. The maximum Gasteiger partial charge on any atom is 0.245 e. The summed E-state index contributed by atoms with van der Waals surface area (Å²) in [6, 6.07) is 0. The average Bonchev–Trinajstić information content (AvgIpc) is 2.54. The zero-order chi connectivity index (χ0) is 16.5. The molecule has 0 aromatic carbocycles. The summed E-state index contributed by atoms with van der Waals surface area (Å²) in [6.45, 7) is 9.61. The summed E-state index contributed by atoms with van der Waals surface area (Å²) in [5.41, 5.74) is 1.17. The topological polar surface area (TPSA) is 37.4 Å². The second-order valence-corrected chi connectivity index (χ2v) is 5.97. The SMILES string of the molecule is C=CC(=O)C(C)CCCC1C=CC(CN(C)C(=O)C=C)=CC1. The van der Waals surface area contributed by atoms with Crippen LogP contribution in [0.15, 0.2) is 49.1 Å². The van der Waals surface area contributed by atoms with E-state index in [0.29, 0.717) is 12.5 Å². The van der Waals surface area contributed by atoms with Crippen molar-refractivity contribution in [2.45, 2.75) is 32.6 Å². The first-order chi connectivity index (χ1) is 10.5. The lowest BCUT2D eigenvalue weighted by Gasteiger charge is -2.20. The molecule has 1 amide bonds. The number of carbonyl (C=O) groups excluding carboxylic acids is 2. The van der Waals surface area contributed by atoms with Crippen LogP contribution in [0.1, 0.15) is 32.6 Å². The van der Waals surface area contributed by atoms with Crippen molar-refractivity contribution in [3.05, 3.63) is 49.1 Å². The maximum atomic E-state index is 11.5. The minimum Gasteiger partial charge on any atom is -0.338 e. The molecule has 0 aliphatic heterocycles. The molecule has 2 unspecified atom stereocenters. The summed E-state index contributed by atoms with van der Waals surface area (Å²) < 4.78 is 0. The van der Waals surface area contributed by atoms with Gasteiger partial charge in [0.05, 0.1) is 0 Å². The molecule has 1 rings (SSSR count). The number of ketones is 1. The molecule has 22 heavy (non-hydrogen) atoms. The fraction of sp³-hybridized carbons (Fsp3) is 0.474. The molecule has 1 aliphatic rings. The Balaban J connectivity index is 2.31. The third-order valence-corrected chi connectivity index (χ3v) is 4.13. The van der Waals surface area contributed by atoms with Gasteiger partial charge in [0.1, 0.15) is 0 Å². The molecule has 0 heterocycles. The Hall–Kier alpha value is -1.90. The summed E-state index contributed by atoms with van der Waals surface area (Å²) in [5.74, 6) is 0.693. The first-order valence-corrected chi connectivity index (χ1v) is 7.89. The second-order valence-electron chi connectivity index (χ2n) is 5.97. The highest BCUT2D eigenvalue weighted by atomic mass is 16.2. The Morgan fingerprint density at radius 2 is 2.14 bits per heavy atom. The molecule has 0 aromatic rings. The molecule has 1 aliphatic carbocycles. The van der Waals surface area contributed by atoms with Gasteiger partial charge in [-0.15, -0.1) is 0 Å². The predicted octanol–water partition coefficient (Wildman–Crippen LogP) is 3.69. The van der Waals surface area contributed by atoms with E-state index in [1.165, 1.54) is 17.7 Å². The van der Waals surface area contributed by atoms with Gasteiger partial charge in [0.2, 0.25) is 5.91 Å². The quantitative estimate of drug-likeness (QED) is 0.609. The number of allylic oxidation sites excluding steroid dienone is 3. The highest BCUT2D eigenvalue weighted by Gasteiger charge is 2.13. The smallest absolute Gasteiger partial charge is 0.245 e. The normalized spacial score (nSPS) is 18.3. The number of amides is 1. The molecule has 120 valence electrons. The van der Waals surface area contributed by atoms with E-state index in [2.05, 4.69) is 31.4 Å². The molecule has 2 atom stereocenters. The first kappa shape index (κ1) is 18.1. The number of hydrogen-bond acceptors (Lipinski definition) is 2. The summed E-state index contributed by atoms with van der Waals surface area (Å²) in [7, 11) is 1.78. The fourth-order valence-corrected chi connectivity index (χ4v) is 2.58. The molecule has 0 fully saturated rings. The van der Waals surface area contributed by atoms with Crippen LogP contribution in [0, 0.1) is 11.8 Å². The molecule has 0 N–H and O–H groups in total. The van der Waals surface area contributed by atoms with Gasteiger partial charge in [-0.2, -0.15) is 0 Å². The fourth-order valence-electron chi connectivity index (χ4n) is 2.58. The molecule has 0 bridgehead atoms. The number of likely N-dealkylation sites (N-methyl/N-ethyl adjacent to an activating group) is 1. The van der Waals surface area contributed by atoms with Crippen molar-refractivity contribution in [2.24, 2.45) is 11.8 Å². The van der Waals surface area contributed by atoms with Crippen LogP contribution in [0.4, 0.5) is 0 Å². The van der Waals surface area contributed by atoms with E-state index in [-0.39, 0.29) is 17.6 Å². The highest BCUT2D eigenvalue weighted by Crippen LogP contribution is 2.23. The zero-order valence-electron chi connectivity index (χ0n) is 13.8. The van der Waals surface area contributed by atoms with E-state index in [0.717, 1.165) is 25.7 Å². The lowest BCUT2D eigenvalue weighted by molar-refractivity contribution is -0.124. The maximum absolute atomic E-state index is 11.5. The van der Waals surface area contributed by atoms with Crippen molar-refractivity contribution in [1.29, 1.82) is 0 Å². The zero-order valence-corrected chi connectivity index (χ0v) is 13.8. The Bertz CT molecular complexity index is 488. The molecule has 0 aromatic heterocycles. The monoisotopic (exact) mass is 301 g/mol.